The Kier molecular flexibility index (Phi) is 2.60. The van der Waals surface area contributed by atoms with Crippen LogP contribution in [0.15, 0.2) is 41.9 Å². The van der Waals surface area contributed by atoms with Gasteiger partial charge in [-0.3, -0.25) is 9.20 Å². The van der Waals surface area contributed by atoms with Gasteiger partial charge in [-0.2, -0.15) is 0 Å². The zero-order chi connectivity index (χ0) is 12.5. The molecule has 0 fully saturated rings. The third-order valence-corrected chi connectivity index (χ3v) is 3.55. The van der Waals surface area contributed by atoms with E-state index < -0.39 is 5.97 Å². The van der Waals surface area contributed by atoms with Crippen molar-refractivity contribution in [2.24, 2.45) is 0 Å². The number of thiophene rings is 1. The van der Waals surface area contributed by atoms with Gasteiger partial charge >= 0.3 is 5.97 Å². The Hall–Kier alpha value is -2.14. The van der Waals surface area contributed by atoms with Crippen molar-refractivity contribution < 1.29 is 9.90 Å². The van der Waals surface area contributed by atoms with E-state index in [4.69, 9.17) is 5.11 Å². The largest absolute Gasteiger partial charge is 0.481 e. The Morgan fingerprint density at radius 2 is 2.22 bits per heavy atom. The Bertz CT molecular complexity index is 701. The number of fused-ring (bicyclic) bond motifs is 1. The Morgan fingerprint density at radius 3 is 2.94 bits per heavy atom. The van der Waals surface area contributed by atoms with E-state index in [-0.39, 0.29) is 6.42 Å². The van der Waals surface area contributed by atoms with E-state index in [1.807, 2.05) is 46.3 Å². The van der Waals surface area contributed by atoms with Gasteiger partial charge in [0, 0.05) is 6.20 Å². The van der Waals surface area contributed by atoms with Crippen LogP contribution >= 0.6 is 11.3 Å². The highest BCUT2D eigenvalue weighted by molar-refractivity contribution is 7.13. The fourth-order valence-electron chi connectivity index (χ4n) is 1.95. The number of imidazole rings is 1. The molecular formula is C13H10N2O2S. The van der Waals surface area contributed by atoms with Crippen molar-refractivity contribution in [2.45, 2.75) is 6.42 Å². The molecular weight excluding hydrogens is 248 g/mol. The number of carboxylic acid groups (broad SMARTS) is 1. The topological polar surface area (TPSA) is 54.6 Å². The lowest BCUT2D eigenvalue weighted by molar-refractivity contribution is -0.136. The molecule has 18 heavy (non-hydrogen) atoms. The molecule has 3 aromatic heterocycles. The summed E-state index contributed by atoms with van der Waals surface area (Å²) in [5.74, 6) is -0.0616. The van der Waals surface area contributed by atoms with E-state index in [0.717, 1.165) is 16.2 Å². The standard InChI is InChI=1S/C13H10N2O2S/c16-12(17)8-9-10-4-1-2-6-15(10)13(14-9)11-5-3-7-18-11/h1-7H,8H2,(H,16,17). The molecule has 90 valence electrons. The van der Waals surface area contributed by atoms with Crippen molar-refractivity contribution in [3.05, 3.63) is 47.6 Å². The lowest BCUT2D eigenvalue weighted by Crippen LogP contribution is -2.00. The highest BCUT2D eigenvalue weighted by atomic mass is 32.1. The Labute approximate surface area is 107 Å². The van der Waals surface area contributed by atoms with E-state index >= 15 is 0 Å². The number of pyridine rings is 1. The van der Waals surface area contributed by atoms with Crippen LogP contribution in [0, 0.1) is 0 Å². The second-order valence-corrected chi connectivity index (χ2v) is 4.83. The van der Waals surface area contributed by atoms with Gasteiger partial charge in [0.2, 0.25) is 0 Å². The number of nitrogens with zero attached hydrogens (tertiary/aromatic N) is 2. The van der Waals surface area contributed by atoms with E-state index in [1.54, 1.807) is 11.3 Å². The lowest BCUT2D eigenvalue weighted by Gasteiger charge is -1.97. The van der Waals surface area contributed by atoms with Crippen LogP contribution in [0.2, 0.25) is 0 Å². The van der Waals surface area contributed by atoms with Crippen molar-refractivity contribution in [2.75, 3.05) is 0 Å². The molecule has 0 amide bonds. The maximum Gasteiger partial charge on any atom is 0.309 e. The van der Waals surface area contributed by atoms with Crippen molar-refractivity contribution >= 4 is 22.8 Å². The van der Waals surface area contributed by atoms with Gasteiger partial charge in [-0.15, -0.1) is 11.3 Å². The highest BCUT2D eigenvalue weighted by Crippen LogP contribution is 2.26. The molecule has 5 heteroatoms. The molecule has 3 aromatic rings. The third kappa shape index (κ3) is 1.78. The monoisotopic (exact) mass is 258 g/mol. The van der Waals surface area contributed by atoms with Crippen LogP contribution in [0.1, 0.15) is 5.69 Å². The summed E-state index contributed by atoms with van der Waals surface area (Å²) in [6, 6.07) is 9.64. The van der Waals surface area contributed by atoms with Crippen molar-refractivity contribution in [1.29, 1.82) is 0 Å². The SMILES string of the molecule is O=C(O)Cc1nc(-c2cccs2)n2ccccc12. The van der Waals surface area contributed by atoms with Gasteiger partial charge < -0.3 is 5.11 Å². The van der Waals surface area contributed by atoms with Crippen molar-refractivity contribution in [1.82, 2.24) is 9.38 Å². The molecule has 0 spiro atoms. The van der Waals surface area contributed by atoms with Gasteiger partial charge in [0.15, 0.2) is 5.82 Å². The summed E-state index contributed by atoms with van der Waals surface area (Å²) < 4.78 is 1.93. The minimum absolute atomic E-state index is 0.0567. The molecule has 0 saturated heterocycles. The molecule has 1 N–H and O–H groups in total. The molecule has 0 saturated carbocycles. The number of hydrogen-bond donors (Lipinski definition) is 1. The summed E-state index contributed by atoms with van der Waals surface area (Å²) in [4.78, 5) is 16.4. The number of aliphatic carboxylic acids is 1. The van der Waals surface area contributed by atoms with Crippen LogP contribution < -0.4 is 0 Å². The zero-order valence-electron chi connectivity index (χ0n) is 9.41. The zero-order valence-corrected chi connectivity index (χ0v) is 10.2. The maximum absolute atomic E-state index is 10.9. The maximum atomic E-state index is 10.9. The van der Waals surface area contributed by atoms with Crippen LogP contribution in [-0.2, 0) is 11.2 Å². The smallest absolute Gasteiger partial charge is 0.309 e. The Morgan fingerprint density at radius 1 is 1.33 bits per heavy atom. The average molecular weight is 258 g/mol. The molecule has 3 rings (SSSR count). The van der Waals surface area contributed by atoms with Crippen LogP contribution in [0.3, 0.4) is 0 Å². The van der Waals surface area contributed by atoms with Gasteiger partial charge in [0.25, 0.3) is 0 Å². The molecule has 0 radical (unpaired) electrons. The number of rotatable bonds is 3. The van der Waals surface area contributed by atoms with E-state index in [0.29, 0.717) is 5.69 Å². The first-order valence-electron chi connectivity index (χ1n) is 5.47. The second-order valence-electron chi connectivity index (χ2n) is 3.89. The molecule has 0 atom stereocenters. The van der Waals surface area contributed by atoms with Crippen LogP contribution in [0.5, 0.6) is 0 Å². The number of carboxylic acids is 1. The first kappa shape index (κ1) is 11.0. The summed E-state index contributed by atoms with van der Waals surface area (Å²) in [6.45, 7) is 0. The fourth-order valence-corrected chi connectivity index (χ4v) is 2.67. The van der Waals surface area contributed by atoms with Gasteiger partial charge in [-0.1, -0.05) is 12.1 Å². The molecule has 0 aromatic carbocycles. The van der Waals surface area contributed by atoms with Gasteiger partial charge in [0.05, 0.1) is 22.5 Å². The lowest BCUT2D eigenvalue weighted by atomic mass is 10.2. The molecule has 0 aliphatic heterocycles. The fraction of sp³-hybridized carbons (Fsp3) is 0.0769. The van der Waals surface area contributed by atoms with Gasteiger partial charge in [-0.25, -0.2) is 4.98 Å². The molecule has 3 heterocycles. The normalized spacial score (nSPS) is 10.9. The molecule has 0 bridgehead atoms. The van der Waals surface area contributed by atoms with E-state index in [9.17, 15) is 4.79 Å². The first-order chi connectivity index (χ1) is 8.75. The Balaban J connectivity index is 2.24. The molecule has 0 unspecified atom stereocenters. The van der Waals surface area contributed by atoms with Crippen molar-refractivity contribution in [3.8, 4) is 10.7 Å². The molecule has 0 aliphatic carbocycles. The summed E-state index contributed by atoms with van der Waals surface area (Å²) in [5, 5.41) is 10.9. The highest BCUT2D eigenvalue weighted by Gasteiger charge is 2.14. The predicted octanol–water partition coefficient (Wildman–Crippen LogP) is 2.69. The van der Waals surface area contributed by atoms with Crippen LogP contribution in [0.25, 0.3) is 16.2 Å². The summed E-state index contributed by atoms with van der Waals surface area (Å²) in [7, 11) is 0. The summed E-state index contributed by atoms with van der Waals surface area (Å²) >= 11 is 1.59. The number of hydrogen-bond acceptors (Lipinski definition) is 3. The first-order valence-corrected chi connectivity index (χ1v) is 6.35. The van der Waals surface area contributed by atoms with E-state index in [2.05, 4.69) is 4.98 Å². The number of aromatic nitrogens is 2. The van der Waals surface area contributed by atoms with Crippen LogP contribution in [-0.4, -0.2) is 20.5 Å². The van der Waals surface area contributed by atoms with E-state index in [1.165, 1.54) is 0 Å². The predicted molar refractivity (Wildman–Crippen MR) is 69.8 cm³/mol. The molecule has 4 nitrogen and oxygen atoms in total. The molecule has 0 aliphatic rings. The third-order valence-electron chi connectivity index (χ3n) is 2.68. The minimum atomic E-state index is -0.864. The number of carbonyl (C=O) groups is 1. The summed E-state index contributed by atoms with van der Waals surface area (Å²) in [6.07, 6.45) is 1.85. The van der Waals surface area contributed by atoms with Gasteiger partial charge in [0.1, 0.15) is 0 Å². The van der Waals surface area contributed by atoms with Gasteiger partial charge in [-0.05, 0) is 23.6 Å². The summed E-state index contributed by atoms with van der Waals surface area (Å²) in [5.41, 5.74) is 1.45. The van der Waals surface area contributed by atoms with Crippen LogP contribution in [0.4, 0.5) is 0 Å². The quantitative estimate of drug-likeness (QED) is 0.785. The average Bonchev–Trinajstić information content (AvgIpc) is 2.96. The second kappa shape index (κ2) is 4.27. The minimum Gasteiger partial charge on any atom is -0.481 e. The van der Waals surface area contributed by atoms with Crippen molar-refractivity contribution in [3.63, 3.8) is 0 Å².